The second-order valence-corrected chi connectivity index (χ2v) is 4.79. The van der Waals surface area contributed by atoms with E-state index in [1.165, 1.54) is 11.1 Å². The maximum Gasteiger partial charge on any atom is 0.150 e. The van der Waals surface area contributed by atoms with Gasteiger partial charge < -0.3 is 0 Å². The van der Waals surface area contributed by atoms with Crippen LogP contribution in [-0.2, 0) is 0 Å². The summed E-state index contributed by atoms with van der Waals surface area (Å²) in [7, 11) is 0. The summed E-state index contributed by atoms with van der Waals surface area (Å²) in [6.45, 7) is 0. The van der Waals surface area contributed by atoms with Crippen LogP contribution in [0.15, 0.2) is 48.5 Å². The average Bonchev–Trinajstić information content (AvgIpc) is 2.82. The second kappa shape index (κ2) is 4.43. The molecule has 1 aliphatic rings. The van der Waals surface area contributed by atoms with Crippen LogP contribution in [0.1, 0.15) is 33.0 Å². The first kappa shape index (κ1) is 11.2. The molecule has 3 rings (SSSR count). The van der Waals surface area contributed by atoms with Gasteiger partial charge in [-0.3, -0.25) is 4.79 Å². The lowest BCUT2D eigenvalue weighted by Crippen LogP contribution is -2.00. The highest BCUT2D eigenvalue weighted by molar-refractivity contribution is 6.30. The predicted octanol–water partition coefficient (Wildman–Crippen LogP) is 4.31. The van der Waals surface area contributed by atoms with Crippen molar-refractivity contribution in [2.75, 3.05) is 0 Å². The number of carbonyl (C=O) groups excluding carboxylic acids is 1. The highest BCUT2D eigenvalue weighted by Crippen LogP contribution is 2.36. The van der Waals surface area contributed by atoms with Crippen molar-refractivity contribution in [3.05, 3.63) is 75.8 Å². The molecule has 0 saturated heterocycles. The van der Waals surface area contributed by atoms with Crippen molar-refractivity contribution in [3.8, 4) is 0 Å². The number of rotatable bonds is 2. The first-order valence-corrected chi connectivity index (χ1v) is 6.19. The summed E-state index contributed by atoms with van der Waals surface area (Å²) in [5.74, 6) is 0.152. The Morgan fingerprint density at radius 3 is 2.72 bits per heavy atom. The van der Waals surface area contributed by atoms with E-state index < -0.39 is 0 Å². The van der Waals surface area contributed by atoms with Crippen molar-refractivity contribution in [2.45, 2.75) is 5.92 Å². The van der Waals surface area contributed by atoms with Crippen molar-refractivity contribution in [3.63, 3.8) is 0 Å². The smallest absolute Gasteiger partial charge is 0.150 e. The van der Waals surface area contributed by atoms with Gasteiger partial charge in [-0.1, -0.05) is 54.1 Å². The summed E-state index contributed by atoms with van der Waals surface area (Å²) in [6.07, 6.45) is 5.10. The fraction of sp³-hybridized carbons (Fsp3) is 0.0625. The van der Waals surface area contributed by atoms with Gasteiger partial charge in [-0.05, 0) is 28.8 Å². The maximum atomic E-state index is 11.2. The zero-order valence-corrected chi connectivity index (χ0v) is 10.4. The van der Waals surface area contributed by atoms with E-state index in [1.54, 1.807) is 6.07 Å². The third-order valence-electron chi connectivity index (χ3n) is 3.31. The molecule has 0 amide bonds. The molecule has 0 bridgehead atoms. The Hall–Kier alpha value is -1.86. The SMILES string of the molecule is O=Cc1cc(Cl)ccc1C1C=Cc2ccccc21. The molecule has 0 fully saturated rings. The molecule has 1 atom stereocenters. The molecule has 2 aromatic rings. The standard InChI is InChI=1S/C16H11ClO/c17-13-6-8-15(12(9-13)10-18)16-7-5-11-3-1-2-4-14(11)16/h1-10,16H. The Kier molecular flexibility index (Phi) is 2.77. The minimum Gasteiger partial charge on any atom is -0.298 e. The number of fused-ring (bicyclic) bond motifs is 1. The third kappa shape index (κ3) is 1.77. The summed E-state index contributed by atoms with van der Waals surface area (Å²) in [6, 6.07) is 13.7. The van der Waals surface area contributed by atoms with Crippen LogP contribution in [0.4, 0.5) is 0 Å². The molecule has 0 saturated carbocycles. The van der Waals surface area contributed by atoms with Gasteiger partial charge in [0.25, 0.3) is 0 Å². The number of aldehydes is 1. The fourth-order valence-corrected chi connectivity index (χ4v) is 2.63. The third-order valence-corrected chi connectivity index (χ3v) is 3.55. The molecule has 88 valence electrons. The van der Waals surface area contributed by atoms with Gasteiger partial charge in [0.1, 0.15) is 6.29 Å². The first-order chi connectivity index (χ1) is 8.79. The quantitative estimate of drug-likeness (QED) is 0.730. The van der Waals surface area contributed by atoms with Crippen LogP contribution in [-0.4, -0.2) is 6.29 Å². The topological polar surface area (TPSA) is 17.1 Å². The zero-order valence-electron chi connectivity index (χ0n) is 9.64. The molecule has 1 nitrogen and oxygen atoms in total. The van der Waals surface area contributed by atoms with E-state index in [0.717, 1.165) is 11.8 Å². The van der Waals surface area contributed by atoms with Crippen LogP contribution >= 0.6 is 11.6 Å². The van der Waals surface area contributed by atoms with Crippen molar-refractivity contribution in [2.24, 2.45) is 0 Å². The van der Waals surface area contributed by atoms with Crippen molar-refractivity contribution in [1.82, 2.24) is 0 Å². The Bertz CT molecular complexity index is 643. The van der Waals surface area contributed by atoms with E-state index in [-0.39, 0.29) is 5.92 Å². The van der Waals surface area contributed by atoms with Gasteiger partial charge in [-0.15, -0.1) is 0 Å². The molecule has 0 heterocycles. The molecule has 0 radical (unpaired) electrons. The lowest BCUT2D eigenvalue weighted by atomic mass is 9.90. The minimum absolute atomic E-state index is 0.152. The summed E-state index contributed by atoms with van der Waals surface area (Å²) >= 11 is 5.93. The molecule has 0 aromatic heterocycles. The molecule has 2 heteroatoms. The molecule has 0 N–H and O–H groups in total. The Morgan fingerprint density at radius 1 is 1.06 bits per heavy atom. The van der Waals surface area contributed by atoms with Gasteiger partial charge in [0.15, 0.2) is 0 Å². The van der Waals surface area contributed by atoms with Gasteiger partial charge in [-0.2, -0.15) is 0 Å². The number of benzene rings is 2. The summed E-state index contributed by atoms with van der Waals surface area (Å²) in [5, 5.41) is 0.594. The molecular weight excluding hydrogens is 244 g/mol. The number of halogens is 1. The Labute approximate surface area is 111 Å². The largest absolute Gasteiger partial charge is 0.298 e. The molecule has 0 spiro atoms. The fourth-order valence-electron chi connectivity index (χ4n) is 2.45. The zero-order chi connectivity index (χ0) is 12.5. The van der Waals surface area contributed by atoms with Crippen molar-refractivity contribution in [1.29, 1.82) is 0 Å². The second-order valence-electron chi connectivity index (χ2n) is 4.36. The predicted molar refractivity (Wildman–Crippen MR) is 74.2 cm³/mol. The van der Waals surface area contributed by atoms with Crippen molar-refractivity contribution < 1.29 is 4.79 Å². The van der Waals surface area contributed by atoms with Crippen LogP contribution in [0, 0.1) is 0 Å². The molecule has 0 aliphatic heterocycles. The summed E-state index contributed by atoms with van der Waals surface area (Å²) < 4.78 is 0. The van der Waals surface area contributed by atoms with Gasteiger partial charge >= 0.3 is 0 Å². The summed E-state index contributed by atoms with van der Waals surface area (Å²) in [5.41, 5.74) is 4.13. The van der Waals surface area contributed by atoms with Crippen LogP contribution in [0.5, 0.6) is 0 Å². The van der Waals surface area contributed by atoms with Crippen LogP contribution < -0.4 is 0 Å². The van der Waals surface area contributed by atoms with Gasteiger partial charge in [0.05, 0.1) is 0 Å². The number of carbonyl (C=O) groups is 1. The summed E-state index contributed by atoms with van der Waals surface area (Å²) in [4.78, 5) is 11.2. The van der Waals surface area contributed by atoms with Crippen LogP contribution in [0.3, 0.4) is 0 Å². The van der Waals surface area contributed by atoms with Crippen LogP contribution in [0.2, 0.25) is 5.02 Å². The van der Waals surface area contributed by atoms with E-state index in [4.69, 9.17) is 11.6 Å². The number of hydrogen-bond acceptors (Lipinski definition) is 1. The molecule has 2 aromatic carbocycles. The minimum atomic E-state index is 0.152. The van der Waals surface area contributed by atoms with Crippen LogP contribution in [0.25, 0.3) is 6.08 Å². The van der Waals surface area contributed by atoms with Gasteiger partial charge in [0, 0.05) is 16.5 Å². The lowest BCUT2D eigenvalue weighted by Gasteiger charge is -2.13. The normalized spacial score (nSPS) is 16.6. The highest BCUT2D eigenvalue weighted by atomic mass is 35.5. The van der Waals surface area contributed by atoms with Gasteiger partial charge in [-0.25, -0.2) is 0 Å². The Morgan fingerprint density at radius 2 is 1.89 bits per heavy atom. The molecule has 18 heavy (non-hydrogen) atoms. The number of hydrogen-bond donors (Lipinski definition) is 0. The van der Waals surface area contributed by atoms with Crippen molar-refractivity contribution >= 4 is 24.0 Å². The molecule has 1 aliphatic carbocycles. The molecular formula is C16H11ClO. The first-order valence-electron chi connectivity index (χ1n) is 5.81. The van der Waals surface area contributed by atoms with E-state index in [2.05, 4.69) is 24.3 Å². The van der Waals surface area contributed by atoms with Gasteiger partial charge in [0.2, 0.25) is 0 Å². The highest BCUT2D eigenvalue weighted by Gasteiger charge is 2.20. The monoisotopic (exact) mass is 254 g/mol. The lowest BCUT2D eigenvalue weighted by molar-refractivity contribution is 0.112. The van der Waals surface area contributed by atoms with E-state index in [9.17, 15) is 4.79 Å². The Balaban J connectivity index is 2.13. The van der Waals surface area contributed by atoms with E-state index in [0.29, 0.717) is 10.6 Å². The average molecular weight is 255 g/mol. The van der Waals surface area contributed by atoms with E-state index >= 15 is 0 Å². The number of allylic oxidation sites excluding steroid dienone is 1. The maximum absolute atomic E-state index is 11.2. The van der Waals surface area contributed by atoms with E-state index in [1.807, 2.05) is 24.3 Å². The molecule has 1 unspecified atom stereocenters.